The molecule has 1 N–H and O–H groups in total. The normalized spacial score (nSPS) is 14.7. The van der Waals surface area contributed by atoms with Crippen molar-refractivity contribution in [2.45, 2.75) is 38.9 Å². The van der Waals surface area contributed by atoms with Gasteiger partial charge in [-0.05, 0) is 49.1 Å². The number of nitrogens with zero attached hydrogens (tertiary/aromatic N) is 4. The maximum Gasteiger partial charge on any atom is 0.416 e. The van der Waals surface area contributed by atoms with Crippen LogP contribution in [-0.4, -0.2) is 44.6 Å². The minimum atomic E-state index is -4.40. The average Bonchev–Trinajstić information content (AvgIpc) is 3.21. The van der Waals surface area contributed by atoms with Crippen LogP contribution in [0.25, 0.3) is 11.1 Å². The fourth-order valence-electron chi connectivity index (χ4n) is 4.14. The molecule has 0 unspecified atom stereocenters. The van der Waals surface area contributed by atoms with E-state index in [-0.39, 0.29) is 22.7 Å². The molecule has 0 atom stereocenters. The van der Waals surface area contributed by atoms with E-state index < -0.39 is 17.6 Å². The van der Waals surface area contributed by atoms with Gasteiger partial charge in [-0.3, -0.25) is 14.3 Å². The van der Waals surface area contributed by atoms with Gasteiger partial charge in [0.15, 0.2) is 0 Å². The molecule has 35 heavy (non-hydrogen) atoms. The number of likely N-dealkylation sites (tertiary alicyclic amines) is 1. The number of hydrogen-bond acceptors (Lipinski definition) is 4. The first-order valence-electron chi connectivity index (χ1n) is 11.0. The van der Waals surface area contributed by atoms with Crippen molar-refractivity contribution in [1.29, 1.82) is 0 Å². The number of benzene rings is 1. The molecular weight excluding hydrogens is 483 g/mol. The first-order chi connectivity index (χ1) is 16.5. The highest BCUT2D eigenvalue weighted by Crippen LogP contribution is 2.32. The van der Waals surface area contributed by atoms with Crippen molar-refractivity contribution < 1.29 is 22.8 Å². The Morgan fingerprint density at radius 3 is 2.31 bits per heavy atom. The van der Waals surface area contributed by atoms with E-state index in [4.69, 9.17) is 11.6 Å². The number of aryl methyl sites for hydroxylation is 1. The quantitative estimate of drug-likeness (QED) is 0.517. The van der Waals surface area contributed by atoms with E-state index in [0.717, 1.165) is 12.1 Å². The van der Waals surface area contributed by atoms with Crippen LogP contribution in [0.1, 0.15) is 47.4 Å². The highest BCUT2D eigenvalue weighted by molar-refractivity contribution is 6.34. The van der Waals surface area contributed by atoms with E-state index in [1.165, 1.54) is 31.5 Å². The summed E-state index contributed by atoms with van der Waals surface area (Å²) in [5.41, 5.74) is 1.31. The molecule has 184 valence electrons. The first-order valence-corrected chi connectivity index (χ1v) is 11.4. The number of carbonyl (C=O) groups is 2. The number of nitrogens with one attached hydrogen (secondary N) is 1. The number of hydrogen-bond donors (Lipinski definition) is 1. The molecule has 11 heteroatoms. The van der Waals surface area contributed by atoms with E-state index in [9.17, 15) is 22.8 Å². The van der Waals surface area contributed by atoms with Crippen LogP contribution in [-0.2, 0) is 11.0 Å². The van der Waals surface area contributed by atoms with E-state index in [1.807, 2.05) is 0 Å². The van der Waals surface area contributed by atoms with Gasteiger partial charge >= 0.3 is 6.18 Å². The molecule has 0 aliphatic carbocycles. The monoisotopic (exact) mass is 505 g/mol. The van der Waals surface area contributed by atoms with Gasteiger partial charge in [0.2, 0.25) is 5.91 Å². The molecule has 1 aliphatic heterocycles. The zero-order chi connectivity index (χ0) is 25.3. The van der Waals surface area contributed by atoms with Crippen molar-refractivity contribution in [2.75, 3.05) is 18.4 Å². The molecule has 2 amide bonds. The van der Waals surface area contributed by atoms with Crippen LogP contribution in [0.2, 0.25) is 5.02 Å². The van der Waals surface area contributed by atoms with Gasteiger partial charge in [-0.1, -0.05) is 23.7 Å². The second kappa shape index (κ2) is 9.69. The Balaban J connectivity index is 1.50. The van der Waals surface area contributed by atoms with Crippen LogP contribution in [0, 0.1) is 6.92 Å². The van der Waals surface area contributed by atoms with Crippen molar-refractivity contribution >= 4 is 29.2 Å². The summed E-state index contributed by atoms with van der Waals surface area (Å²) in [5.74, 6) is -0.151. The Morgan fingerprint density at radius 1 is 1.09 bits per heavy atom. The van der Waals surface area contributed by atoms with Crippen molar-refractivity contribution in [3.8, 4) is 11.1 Å². The van der Waals surface area contributed by atoms with Crippen LogP contribution in [0.3, 0.4) is 0 Å². The van der Waals surface area contributed by atoms with Crippen molar-refractivity contribution in [2.24, 2.45) is 0 Å². The summed E-state index contributed by atoms with van der Waals surface area (Å²) in [4.78, 5) is 30.8. The summed E-state index contributed by atoms with van der Waals surface area (Å²) in [6.45, 7) is 4.42. The lowest BCUT2D eigenvalue weighted by molar-refractivity contribution is -0.137. The largest absolute Gasteiger partial charge is 0.416 e. The fraction of sp³-hybridized carbons (Fsp3) is 0.333. The van der Waals surface area contributed by atoms with Crippen LogP contribution >= 0.6 is 11.6 Å². The van der Waals surface area contributed by atoms with Crippen LogP contribution in [0.5, 0.6) is 0 Å². The van der Waals surface area contributed by atoms with Crippen molar-refractivity contribution in [3.05, 3.63) is 64.6 Å². The van der Waals surface area contributed by atoms with Gasteiger partial charge < -0.3 is 10.2 Å². The maximum absolute atomic E-state index is 13.1. The molecule has 0 bridgehead atoms. The Kier molecular flexibility index (Phi) is 6.84. The van der Waals surface area contributed by atoms with E-state index in [0.29, 0.717) is 48.4 Å². The molecular formula is C24H23ClF3N5O2. The summed E-state index contributed by atoms with van der Waals surface area (Å²) in [6, 6.07) is 6.46. The van der Waals surface area contributed by atoms with Gasteiger partial charge in [-0.15, -0.1) is 0 Å². The fourth-order valence-corrected chi connectivity index (χ4v) is 4.35. The molecule has 1 aliphatic rings. The number of alkyl halides is 3. The topological polar surface area (TPSA) is 80.1 Å². The smallest absolute Gasteiger partial charge is 0.343 e. The molecule has 3 aromatic rings. The van der Waals surface area contributed by atoms with Crippen LogP contribution in [0.15, 0.2) is 42.7 Å². The van der Waals surface area contributed by atoms with Crippen molar-refractivity contribution in [3.63, 3.8) is 0 Å². The standard InChI is InChI=1S/C24H23ClF3N5O2/c1-14-11-17(16-3-5-18(6-4-16)24(26,27)28)12-29-22(14)31-23(35)21-20(25)13-30-33(21)19-7-9-32(10-8-19)15(2)34/h3-6,11-13,19H,7-10H2,1-2H3,(H,29,31,35). The maximum atomic E-state index is 13.1. The van der Waals surface area contributed by atoms with Gasteiger partial charge in [0.25, 0.3) is 5.91 Å². The molecule has 0 spiro atoms. The lowest BCUT2D eigenvalue weighted by Gasteiger charge is -2.32. The SMILES string of the molecule is CC(=O)N1CCC(n2ncc(Cl)c2C(=O)Nc2ncc(-c3ccc(C(F)(F)F)cc3)cc2C)CC1. The molecule has 1 saturated heterocycles. The number of halogens is 4. The molecule has 1 fully saturated rings. The van der Waals surface area contributed by atoms with E-state index >= 15 is 0 Å². The molecule has 3 heterocycles. The zero-order valence-electron chi connectivity index (χ0n) is 19.1. The number of carbonyl (C=O) groups excluding carboxylic acids is 2. The number of amides is 2. The second-order valence-corrected chi connectivity index (χ2v) is 8.85. The summed E-state index contributed by atoms with van der Waals surface area (Å²) >= 11 is 6.29. The summed E-state index contributed by atoms with van der Waals surface area (Å²) in [7, 11) is 0. The average molecular weight is 506 g/mol. The number of aromatic nitrogens is 3. The summed E-state index contributed by atoms with van der Waals surface area (Å²) < 4.78 is 40.1. The third-order valence-electron chi connectivity index (χ3n) is 6.08. The minimum absolute atomic E-state index is 0.0150. The third kappa shape index (κ3) is 5.32. The summed E-state index contributed by atoms with van der Waals surface area (Å²) in [6.07, 6.45) is -0.198. The summed E-state index contributed by atoms with van der Waals surface area (Å²) in [5, 5.41) is 7.26. The number of piperidine rings is 1. The van der Waals surface area contributed by atoms with Crippen LogP contribution < -0.4 is 5.32 Å². The highest BCUT2D eigenvalue weighted by atomic mass is 35.5. The molecule has 1 aromatic carbocycles. The van der Waals surface area contributed by atoms with Gasteiger partial charge in [-0.25, -0.2) is 4.98 Å². The van der Waals surface area contributed by atoms with E-state index in [1.54, 1.807) is 22.6 Å². The Hall–Kier alpha value is -3.40. The lowest BCUT2D eigenvalue weighted by atomic mass is 10.0. The third-order valence-corrected chi connectivity index (χ3v) is 6.35. The van der Waals surface area contributed by atoms with Crippen molar-refractivity contribution in [1.82, 2.24) is 19.7 Å². The van der Waals surface area contributed by atoms with Gasteiger partial charge in [0.05, 0.1) is 22.8 Å². The zero-order valence-corrected chi connectivity index (χ0v) is 19.8. The molecule has 0 saturated carbocycles. The Labute approximate surface area is 204 Å². The minimum Gasteiger partial charge on any atom is -0.343 e. The van der Waals surface area contributed by atoms with Crippen LogP contribution in [0.4, 0.5) is 19.0 Å². The lowest BCUT2D eigenvalue weighted by Crippen LogP contribution is -2.38. The van der Waals surface area contributed by atoms with Gasteiger partial charge in [0, 0.05) is 31.8 Å². The van der Waals surface area contributed by atoms with E-state index in [2.05, 4.69) is 15.4 Å². The first kappa shape index (κ1) is 24.7. The predicted octanol–water partition coefficient (Wildman–Crippen LogP) is 5.36. The Morgan fingerprint density at radius 2 is 1.74 bits per heavy atom. The second-order valence-electron chi connectivity index (χ2n) is 8.44. The number of pyridine rings is 1. The van der Waals surface area contributed by atoms with Gasteiger partial charge in [-0.2, -0.15) is 18.3 Å². The highest BCUT2D eigenvalue weighted by Gasteiger charge is 2.30. The molecule has 0 radical (unpaired) electrons. The Bertz CT molecular complexity index is 1250. The number of anilines is 1. The number of rotatable bonds is 4. The molecule has 7 nitrogen and oxygen atoms in total. The van der Waals surface area contributed by atoms with Gasteiger partial charge in [0.1, 0.15) is 11.5 Å². The molecule has 2 aromatic heterocycles. The predicted molar refractivity (Wildman–Crippen MR) is 125 cm³/mol. The molecule has 4 rings (SSSR count).